The number of hydrogen-bond donors (Lipinski definition) is 1. The summed E-state index contributed by atoms with van der Waals surface area (Å²) in [6.07, 6.45) is 1.09. The lowest BCUT2D eigenvalue weighted by molar-refractivity contribution is 0.188. The third kappa shape index (κ3) is 3.32. The van der Waals surface area contributed by atoms with Gasteiger partial charge in [0.05, 0.1) is 19.4 Å². The Balaban J connectivity index is 1.76. The van der Waals surface area contributed by atoms with Gasteiger partial charge < -0.3 is 14.8 Å². The summed E-state index contributed by atoms with van der Waals surface area (Å²) in [4.78, 5) is 6.04. The number of nitrogens with one attached hydrogen (secondary N) is 1. The van der Waals surface area contributed by atoms with Crippen molar-refractivity contribution in [1.82, 2.24) is 10.3 Å². The molecular weight excluding hydrogens is 296 g/mol. The molecule has 0 spiro atoms. The van der Waals surface area contributed by atoms with E-state index in [1.54, 1.807) is 18.4 Å². The van der Waals surface area contributed by atoms with Crippen LogP contribution in [0.4, 0.5) is 0 Å². The van der Waals surface area contributed by atoms with Gasteiger partial charge in [0.2, 0.25) is 0 Å². The van der Waals surface area contributed by atoms with E-state index in [4.69, 9.17) is 14.5 Å². The Hall–Kier alpha value is -1.43. The SMILES string of the molecule is COc1ccc(-c2nc(C)c([C@H](C)N[C@@H]3CCOC3)s2)cc1. The van der Waals surface area contributed by atoms with Crippen LogP contribution in [0.5, 0.6) is 5.75 Å². The molecule has 5 heteroatoms. The summed E-state index contributed by atoms with van der Waals surface area (Å²) in [6, 6.07) is 8.83. The second kappa shape index (κ2) is 6.77. The summed E-state index contributed by atoms with van der Waals surface area (Å²) in [6.45, 7) is 5.97. The Labute approximate surface area is 135 Å². The minimum atomic E-state index is 0.302. The molecule has 1 fully saturated rings. The van der Waals surface area contributed by atoms with Gasteiger partial charge in [0, 0.05) is 29.1 Å². The number of benzene rings is 1. The van der Waals surface area contributed by atoms with Crippen LogP contribution in [-0.2, 0) is 4.74 Å². The number of hydrogen-bond acceptors (Lipinski definition) is 5. The molecule has 1 N–H and O–H groups in total. The summed E-state index contributed by atoms with van der Waals surface area (Å²) in [7, 11) is 1.68. The summed E-state index contributed by atoms with van der Waals surface area (Å²) in [5.41, 5.74) is 2.24. The average molecular weight is 318 g/mol. The highest BCUT2D eigenvalue weighted by Gasteiger charge is 2.21. The zero-order valence-electron chi connectivity index (χ0n) is 13.3. The second-order valence-electron chi connectivity index (χ2n) is 5.65. The third-order valence-corrected chi connectivity index (χ3v) is 5.37. The predicted molar refractivity (Wildman–Crippen MR) is 89.6 cm³/mol. The second-order valence-corrected chi connectivity index (χ2v) is 6.68. The summed E-state index contributed by atoms with van der Waals surface area (Å²) in [5, 5.41) is 4.71. The first-order valence-electron chi connectivity index (χ1n) is 7.63. The average Bonchev–Trinajstić information content (AvgIpc) is 3.17. The van der Waals surface area contributed by atoms with Crippen LogP contribution in [0, 0.1) is 6.92 Å². The molecule has 4 nitrogen and oxygen atoms in total. The zero-order valence-corrected chi connectivity index (χ0v) is 14.1. The maximum Gasteiger partial charge on any atom is 0.123 e. The highest BCUT2D eigenvalue weighted by atomic mass is 32.1. The number of aryl methyl sites for hydroxylation is 1. The van der Waals surface area contributed by atoms with E-state index in [0.29, 0.717) is 12.1 Å². The summed E-state index contributed by atoms with van der Waals surface area (Å²) >= 11 is 1.76. The molecule has 1 aromatic heterocycles. The van der Waals surface area contributed by atoms with E-state index in [1.807, 2.05) is 12.1 Å². The summed E-state index contributed by atoms with van der Waals surface area (Å²) < 4.78 is 10.6. The Kier molecular flexibility index (Phi) is 4.76. The fourth-order valence-electron chi connectivity index (χ4n) is 2.76. The number of nitrogens with zero attached hydrogens (tertiary/aromatic N) is 1. The topological polar surface area (TPSA) is 43.4 Å². The third-order valence-electron chi connectivity index (χ3n) is 3.98. The maximum atomic E-state index is 5.43. The first-order valence-corrected chi connectivity index (χ1v) is 8.44. The van der Waals surface area contributed by atoms with E-state index in [1.165, 1.54) is 4.88 Å². The molecule has 2 atom stereocenters. The molecule has 1 aromatic carbocycles. The lowest BCUT2D eigenvalue weighted by Gasteiger charge is -2.17. The summed E-state index contributed by atoms with van der Waals surface area (Å²) in [5.74, 6) is 0.869. The standard InChI is InChI=1S/C17H22N2O2S/c1-11(18-14-8-9-21-10-14)16-12(2)19-17(22-16)13-4-6-15(20-3)7-5-13/h4-7,11,14,18H,8-10H2,1-3H3/t11-,14+/m0/s1. The minimum Gasteiger partial charge on any atom is -0.497 e. The molecule has 1 aliphatic heterocycles. The van der Waals surface area contributed by atoms with Gasteiger partial charge in [-0.2, -0.15) is 0 Å². The van der Waals surface area contributed by atoms with Crippen LogP contribution in [0.2, 0.25) is 0 Å². The molecule has 118 valence electrons. The van der Waals surface area contributed by atoms with Gasteiger partial charge in [-0.15, -0.1) is 11.3 Å². The Morgan fingerprint density at radius 2 is 2.14 bits per heavy atom. The number of methoxy groups -OCH3 is 1. The lowest BCUT2D eigenvalue weighted by atomic mass is 10.2. The van der Waals surface area contributed by atoms with Crippen LogP contribution in [0.3, 0.4) is 0 Å². The predicted octanol–water partition coefficient (Wildman–Crippen LogP) is 3.57. The van der Waals surface area contributed by atoms with Crippen LogP contribution in [0.25, 0.3) is 10.6 Å². The smallest absolute Gasteiger partial charge is 0.123 e. The van der Waals surface area contributed by atoms with E-state index < -0.39 is 0 Å². The highest BCUT2D eigenvalue weighted by molar-refractivity contribution is 7.15. The van der Waals surface area contributed by atoms with E-state index in [-0.39, 0.29) is 0 Å². The van der Waals surface area contributed by atoms with Crippen molar-refractivity contribution in [3.63, 3.8) is 0 Å². The van der Waals surface area contributed by atoms with Crippen LogP contribution in [-0.4, -0.2) is 31.3 Å². The normalized spacial score (nSPS) is 19.3. The number of ether oxygens (including phenoxy) is 2. The molecule has 2 heterocycles. The number of thiazole rings is 1. The van der Waals surface area contributed by atoms with E-state index in [9.17, 15) is 0 Å². The van der Waals surface area contributed by atoms with Crippen molar-refractivity contribution < 1.29 is 9.47 Å². The van der Waals surface area contributed by atoms with E-state index in [2.05, 4.69) is 31.3 Å². The molecule has 22 heavy (non-hydrogen) atoms. The van der Waals surface area contributed by atoms with Gasteiger partial charge in [-0.05, 0) is 44.5 Å². The molecule has 0 unspecified atom stereocenters. The molecule has 0 radical (unpaired) electrons. The van der Waals surface area contributed by atoms with Crippen molar-refractivity contribution in [3.05, 3.63) is 34.8 Å². The van der Waals surface area contributed by atoms with Crippen LogP contribution >= 0.6 is 11.3 Å². The monoisotopic (exact) mass is 318 g/mol. The highest BCUT2D eigenvalue weighted by Crippen LogP contribution is 2.32. The van der Waals surface area contributed by atoms with Crippen LogP contribution in [0.1, 0.15) is 30.0 Å². The van der Waals surface area contributed by atoms with Crippen molar-refractivity contribution in [2.24, 2.45) is 0 Å². The first kappa shape index (κ1) is 15.5. The molecule has 0 amide bonds. The van der Waals surface area contributed by atoms with Gasteiger partial charge in [0.15, 0.2) is 0 Å². The van der Waals surface area contributed by atoms with Crippen LogP contribution < -0.4 is 10.1 Å². The fourth-order valence-corrected chi connectivity index (χ4v) is 3.85. The van der Waals surface area contributed by atoms with Gasteiger partial charge in [0.25, 0.3) is 0 Å². The van der Waals surface area contributed by atoms with Crippen molar-refractivity contribution in [2.75, 3.05) is 20.3 Å². The Morgan fingerprint density at radius 3 is 2.77 bits per heavy atom. The first-order chi connectivity index (χ1) is 10.7. The molecular formula is C17H22N2O2S. The maximum absolute atomic E-state index is 5.43. The minimum absolute atomic E-state index is 0.302. The fraction of sp³-hybridized carbons (Fsp3) is 0.471. The van der Waals surface area contributed by atoms with Crippen molar-refractivity contribution in [1.29, 1.82) is 0 Å². The van der Waals surface area contributed by atoms with Crippen molar-refractivity contribution >= 4 is 11.3 Å². The zero-order chi connectivity index (χ0) is 15.5. The molecule has 1 aliphatic rings. The van der Waals surface area contributed by atoms with Gasteiger partial charge in [-0.3, -0.25) is 0 Å². The van der Waals surface area contributed by atoms with E-state index in [0.717, 1.165) is 41.6 Å². The number of aromatic nitrogens is 1. The molecule has 2 aromatic rings. The van der Waals surface area contributed by atoms with Crippen LogP contribution in [0.15, 0.2) is 24.3 Å². The van der Waals surface area contributed by atoms with Gasteiger partial charge in [-0.25, -0.2) is 4.98 Å². The molecule has 0 saturated carbocycles. The number of rotatable bonds is 5. The van der Waals surface area contributed by atoms with Crippen molar-refractivity contribution in [3.8, 4) is 16.3 Å². The lowest BCUT2D eigenvalue weighted by Crippen LogP contribution is -2.31. The quantitative estimate of drug-likeness (QED) is 0.915. The van der Waals surface area contributed by atoms with Gasteiger partial charge in [-0.1, -0.05) is 0 Å². The largest absolute Gasteiger partial charge is 0.497 e. The Bertz CT molecular complexity index is 618. The molecule has 0 bridgehead atoms. The molecule has 3 rings (SSSR count). The Morgan fingerprint density at radius 1 is 1.36 bits per heavy atom. The molecule has 0 aliphatic carbocycles. The molecule has 1 saturated heterocycles. The van der Waals surface area contributed by atoms with Crippen molar-refractivity contribution in [2.45, 2.75) is 32.4 Å². The van der Waals surface area contributed by atoms with Gasteiger partial charge in [0.1, 0.15) is 10.8 Å². The van der Waals surface area contributed by atoms with Gasteiger partial charge >= 0.3 is 0 Å². The van der Waals surface area contributed by atoms with E-state index >= 15 is 0 Å².